The second kappa shape index (κ2) is 5.37. The highest BCUT2D eigenvalue weighted by Crippen LogP contribution is 2.18. The molecule has 2 aromatic heterocycles. The van der Waals surface area contributed by atoms with Gasteiger partial charge in [-0.1, -0.05) is 12.1 Å². The summed E-state index contributed by atoms with van der Waals surface area (Å²) in [6.45, 7) is 0. The van der Waals surface area contributed by atoms with Crippen LogP contribution in [0.15, 0.2) is 52.2 Å². The molecule has 0 saturated heterocycles. The number of aromatic nitrogens is 2. The van der Waals surface area contributed by atoms with Crippen LogP contribution in [0.2, 0.25) is 0 Å². The number of nitrogens with one attached hydrogen (secondary N) is 1. The Hall–Kier alpha value is -3.29. The highest BCUT2D eigenvalue weighted by Gasteiger charge is 2.10. The van der Waals surface area contributed by atoms with Gasteiger partial charge in [0.25, 0.3) is 0 Å². The molecule has 104 valence electrons. The van der Waals surface area contributed by atoms with Crippen molar-refractivity contribution in [3.63, 3.8) is 0 Å². The van der Waals surface area contributed by atoms with Crippen molar-refractivity contribution in [1.82, 2.24) is 9.97 Å². The largest absolute Gasteiger partial charge is 0.433 e. The van der Waals surface area contributed by atoms with Crippen LogP contribution in [0.1, 0.15) is 5.76 Å². The highest BCUT2D eigenvalue weighted by molar-refractivity contribution is 5.89. The monoisotopic (exact) mass is 283 g/mol. The smallest absolute Gasteiger partial charge is 0.400 e. The van der Waals surface area contributed by atoms with E-state index in [2.05, 4.69) is 20.5 Å². The van der Waals surface area contributed by atoms with E-state index in [-0.39, 0.29) is 11.6 Å². The molecule has 0 spiro atoms. The van der Waals surface area contributed by atoms with Crippen molar-refractivity contribution in [2.75, 3.05) is 5.43 Å². The van der Waals surface area contributed by atoms with Gasteiger partial charge in [0, 0.05) is 5.39 Å². The number of nitrogens with zero attached hydrogens (tertiary/aromatic N) is 4. The number of para-hydroxylation sites is 1. The maximum Gasteiger partial charge on any atom is 0.433 e. The Morgan fingerprint density at radius 3 is 2.90 bits per heavy atom. The molecule has 0 saturated carbocycles. The summed E-state index contributed by atoms with van der Waals surface area (Å²) in [7, 11) is 0. The predicted molar refractivity (Wildman–Crippen MR) is 76.1 cm³/mol. The van der Waals surface area contributed by atoms with Crippen LogP contribution in [0, 0.1) is 10.1 Å². The number of benzene rings is 1. The molecule has 0 radical (unpaired) electrons. The fourth-order valence-corrected chi connectivity index (χ4v) is 1.76. The van der Waals surface area contributed by atoms with Crippen LogP contribution in [-0.2, 0) is 0 Å². The van der Waals surface area contributed by atoms with Crippen molar-refractivity contribution in [1.29, 1.82) is 0 Å². The van der Waals surface area contributed by atoms with E-state index in [1.807, 2.05) is 24.3 Å². The number of furan rings is 1. The van der Waals surface area contributed by atoms with Gasteiger partial charge < -0.3 is 4.42 Å². The Morgan fingerprint density at radius 1 is 1.24 bits per heavy atom. The van der Waals surface area contributed by atoms with Crippen LogP contribution in [0.5, 0.6) is 0 Å². The van der Waals surface area contributed by atoms with Crippen LogP contribution < -0.4 is 5.43 Å². The molecular formula is C13H9N5O3. The minimum Gasteiger partial charge on any atom is -0.400 e. The molecule has 3 aromatic rings. The van der Waals surface area contributed by atoms with Gasteiger partial charge in [-0.15, -0.1) is 0 Å². The van der Waals surface area contributed by atoms with Crippen molar-refractivity contribution >= 4 is 28.8 Å². The topological polar surface area (TPSA) is 106 Å². The Morgan fingerprint density at radius 2 is 2.10 bits per heavy atom. The van der Waals surface area contributed by atoms with Crippen molar-refractivity contribution in [3.8, 4) is 0 Å². The maximum atomic E-state index is 10.5. The fraction of sp³-hybridized carbons (Fsp3) is 0. The van der Waals surface area contributed by atoms with E-state index in [0.717, 1.165) is 10.9 Å². The summed E-state index contributed by atoms with van der Waals surface area (Å²) in [5, 5.41) is 15.3. The summed E-state index contributed by atoms with van der Waals surface area (Å²) < 4.78 is 4.95. The van der Waals surface area contributed by atoms with Gasteiger partial charge in [0.2, 0.25) is 0 Å². The first kappa shape index (κ1) is 12.7. The third-order valence-corrected chi connectivity index (χ3v) is 2.70. The molecule has 8 nitrogen and oxygen atoms in total. The molecule has 0 atom stereocenters. The van der Waals surface area contributed by atoms with Crippen LogP contribution in [-0.4, -0.2) is 21.1 Å². The van der Waals surface area contributed by atoms with Crippen LogP contribution in [0.25, 0.3) is 10.9 Å². The third-order valence-electron chi connectivity index (χ3n) is 2.70. The van der Waals surface area contributed by atoms with E-state index in [1.54, 1.807) is 0 Å². The summed E-state index contributed by atoms with van der Waals surface area (Å²) in [5.74, 6) is 0.481. The first-order chi connectivity index (χ1) is 10.2. The zero-order valence-electron chi connectivity index (χ0n) is 10.6. The molecule has 3 rings (SSSR count). The molecule has 0 bridgehead atoms. The number of fused-ring (bicyclic) bond motifs is 1. The molecule has 0 aliphatic carbocycles. The molecule has 0 amide bonds. The number of hydrogen-bond donors (Lipinski definition) is 1. The summed E-state index contributed by atoms with van der Waals surface area (Å²) in [5.41, 5.74) is 3.55. The summed E-state index contributed by atoms with van der Waals surface area (Å²) in [6, 6.07) is 10.2. The van der Waals surface area contributed by atoms with E-state index in [0.29, 0.717) is 5.82 Å². The molecule has 1 aromatic carbocycles. The maximum absolute atomic E-state index is 10.5. The average Bonchev–Trinajstić information content (AvgIpc) is 2.97. The minimum atomic E-state index is -0.608. The second-order valence-electron chi connectivity index (χ2n) is 4.04. The summed E-state index contributed by atoms with van der Waals surface area (Å²) in [4.78, 5) is 18.1. The molecule has 21 heavy (non-hydrogen) atoms. The van der Waals surface area contributed by atoms with Gasteiger partial charge in [-0.25, -0.2) is 9.97 Å². The molecule has 0 aliphatic heterocycles. The molecule has 1 N–H and O–H groups in total. The minimum absolute atomic E-state index is 0.271. The number of anilines is 1. The normalized spacial score (nSPS) is 11.0. The predicted octanol–water partition coefficient (Wildman–Crippen LogP) is 2.58. The number of rotatable bonds is 4. The van der Waals surface area contributed by atoms with E-state index >= 15 is 0 Å². The van der Waals surface area contributed by atoms with Crippen molar-refractivity contribution in [2.24, 2.45) is 5.10 Å². The van der Waals surface area contributed by atoms with Gasteiger partial charge in [0.05, 0.1) is 17.8 Å². The molecule has 2 heterocycles. The zero-order chi connectivity index (χ0) is 14.7. The Labute approximate surface area is 118 Å². The molecule has 0 unspecified atom stereocenters. The van der Waals surface area contributed by atoms with E-state index in [9.17, 15) is 10.1 Å². The number of hydrogen-bond acceptors (Lipinski definition) is 7. The van der Waals surface area contributed by atoms with E-state index in [1.165, 1.54) is 24.7 Å². The Balaban J connectivity index is 1.79. The Kier molecular flexibility index (Phi) is 3.26. The quantitative estimate of drug-likeness (QED) is 0.448. The standard InChI is InChI=1S/C13H9N5O3/c19-18(20)12-6-5-9(21-12)7-16-17-13-10-3-1-2-4-11(10)14-8-15-13/h1-8H,(H,14,15,17)/b16-7+. The number of nitro groups is 1. The first-order valence-electron chi connectivity index (χ1n) is 5.97. The van der Waals surface area contributed by atoms with E-state index < -0.39 is 4.92 Å². The molecular weight excluding hydrogens is 274 g/mol. The van der Waals surface area contributed by atoms with Crippen molar-refractivity contribution < 1.29 is 9.34 Å². The van der Waals surface area contributed by atoms with E-state index in [4.69, 9.17) is 4.42 Å². The van der Waals surface area contributed by atoms with Gasteiger partial charge >= 0.3 is 5.88 Å². The van der Waals surface area contributed by atoms with Gasteiger partial charge in [-0.2, -0.15) is 5.10 Å². The zero-order valence-corrected chi connectivity index (χ0v) is 10.6. The van der Waals surface area contributed by atoms with Gasteiger partial charge in [0.1, 0.15) is 11.3 Å². The molecule has 0 aliphatic rings. The highest BCUT2D eigenvalue weighted by atomic mass is 16.6. The average molecular weight is 283 g/mol. The SMILES string of the molecule is O=[N+]([O-])c1ccc(/C=N/Nc2ncnc3ccccc23)o1. The summed E-state index contributed by atoms with van der Waals surface area (Å²) in [6.07, 6.45) is 2.77. The lowest BCUT2D eigenvalue weighted by Gasteiger charge is -2.02. The van der Waals surface area contributed by atoms with Gasteiger partial charge in [0.15, 0.2) is 11.6 Å². The third kappa shape index (κ3) is 2.68. The van der Waals surface area contributed by atoms with Crippen LogP contribution in [0.3, 0.4) is 0 Å². The lowest BCUT2D eigenvalue weighted by Crippen LogP contribution is -1.95. The van der Waals surface area contributed by atoms with Gasteiger partial charge in [-0.05, 0) is 18.2 Å². The lowest BCUT2D eigenvalue weighted by atomic mass is 10.2. The summed E-state index contributed by atoms with van der Waals surface area (Å²) >= 11 is 0. The van der Waals surface area contributed by atoms with Gasteiger partial charge in [-0.3, -0.25) is 15.5 Å². The van der Waals surface area contributed by atoms with Crippen molar-refractivity contribution in [2.45, 2.75) is 0 Å². The number of hydrazone groups is 1. The Bertz CT molecular complexity index is 822. The molecule has 8 heteroatoms. The first-order valence-corrected chi connectivity index (χ1v) is 5.97. The lowest BCUT2D eigenvalue weighted by molar-refractivity contribution is -0.402. The van der Waals surface area contributed by atoms with Crippen molar-refractivity contribution in [3.05, 3.63) is 58.6 Å². The second-order valence-corrected chi connectivity index (χ2v) is 4.04. The van der Waals surface area contributed by atoms with Crippen LogP contribution >= 0.6 is 0 Å². The fourth-order valence-electron chi connectivity index (χ4n) is 1.76. The van der Waals surface area contributed by atoms with Crippen LogP contribution in [0.4, 0.5) is 11.7 Å². The molecule has 0 fully saturated rings.